The quantitative estimate of drug-likeness (QED) is 0.412. The molecule has 1 fully saturated rings. The summed E-state index contributed by atoms with van der Waals surface area (Å²) in [4.78, 5) is 11.6. The number of carbonyl (C=O) groups excluding carboxylic acids is 1. The zero-order valence-electron chi connectivity index (χ0n) is 10.6. The van der Waals surface area contributed by atoms with Crippen molar-refractivity contribution in [2.75, 3.05) is 13.1 Å². The minimum Gasteiger partial charge on any atom is -0.294 e. The molecular formula is C10H17N5O3S. The van der Waals surface area contributed by atoms with Gasteiger partial charge in [-0.25, -0.2) is 14.3 Å². The number of nitrogens with one attached hydrogen (secondary N) is 1. The van der Waals surface area contributed by atoms with Crippen LogP contribution in [0.25, 0.3) is 0 Å². The van der Waals surface area contributed by atoms with Gasteiger partial charge in [0.15, 0.2) is 0 Å². The van der Waals surface area contributed by atoms with E-state index in [1.165, 1.54) is 21.4 Å². The van der Waals surface area contributed by atoms with Crippen LogP contribution in [-0.2, 0) is 21.9 Å². The van der Waals surface area contributed by atoms with E-state index in [0.717, 1.165) is 0 Å². The Kier molecular flexibility index (Phi) is 3.88. The fraction of sp³-hybridized carbons (Fsp3) is 0.600. The summed E-state index contributed by atoms with van der Waals surface area (Å²) in [5.74, 6) is 4.37. The zero-order valence-corrected chi connectivity index (χ0v) is 11.4. The van der Waals surface area contributed by atoms with Gasteiger partial charge in [-0.15, -0.1) is 0 Å². The second-order valence-electron chi connectivity index (χ2n) is 4.56. The van der Waals surface area contributed by atoms with E-state index in [-0.39, 0.29) is 17.3 Å². The van der Waals surface area contributed by atoms with Gasteiger partial charge in [0.25, 0.3) is 0 Å². The van der Waals surface area contributed by atoms with Crippen LogP contribution in [0.4, 0.5) is 0 Å². The van der Waals surface area contributed by atoms with Gasteiger partial charge in [-0.2, -0.15) is 9.40 Å². The SMILES string of the molecule is Cn1cc(S(=O)(=O)N2CCCC(C(=O)NN)C2)cn1. The molecule has 8 nitrogen and oxygen atoms in total. The summed E-state index contributed by atoms with van der Waals surface area (Å²) < 4.78 is 27.5. The lowest BCUT2D eigenvalue weighted by molar-refractivity contribution is -0.126. The predicted octanol–water partition coefficient (Wildman–Crippen LogP) is -1.19. The van der Waals surface area contributed by atoms with Crippen LogP contribution in [0.15, 0.2) is 17.3 Å². The maximum Gasteiger partial charge on any atom is 0.246 e. The maximum atomic E-state index is 12.4. The van der Waals surface area contributed by atoms with Crippen molar-refractivity contribution in [1.82, 2.24) is 19.5 Å². The van der Waals surface area contributed by atoms with E-state index >= 15 is 0 Å². The van der Waals surface area contributed by atoms with Gasteiger partial charge in [-0.1, -0.05) is 0 Å². The van der Waals surface area contributed by atoms with Crippen LogP contribution in [-0.4, -0.2) is 41.5 Å². The van der Waals surface area contributed by atoms with E-state index < -0.39 is 15.9 Å². The number of piperidine rings is 1. The molecule has 1 atom stereocenters. The van der Waals surface area contributed by atoms with Crippen LogP contribution in [0, 0.1) is 5.92 Å². The Morgan fingerprint density at radius 3 is 2.89 bits per heavy atom. The fourth-order valence-electron chi connectivity index (χ4n) is 2.17. The molecule has 19 heavy (non-hydrogen) atoms. The van der Waals surface area contributed by atoms with Gasteiger partial charge in [0.2, 0.25) is 15.9 Å². The first-order chi connectivity index (χ1) is 8.95. The van der Waals surface area contributed by atoms with Gasteiger partial charge >= 0.3 is 0 Å². The first-order valence-electron chi connectivity index (χ1n) is 5.94. The first-order valence-corrected chi connectivity index (χ1v) is 7.38. The summed E-state index contributed by atoms with van der Waals surface area (Å²) in [6.45, 7) is 0.561. The Balaban J connectivity index is 2.19. The highest BCUT2D eigenvalue weighted by Crippen LogP contribution is 2.23. The number of aryl methyl sites for hydroxylation is 1. The third-order valence-corrected chi connectivity index (χ3v) is 5.03. The monoisotopic (exact) mass is 287 g/mol. The second-order valence-corrected chi connectivity index (χ2v) is 6.50. The molecule has 0 saturated carbocycles. The molecule has 106 valence electrons. The van der Waals surface area contributed by atoms with E-state index in [1.54, 1.807) is 7.05 Å². The average Bonchev–Trinajstić information content (AvgIpc) is 2.85. The number of aromatic nitrogens is 2. The molecule has 2 rings (SSSR count). The summed E-state index contributed by atoms with van der Waals surface area (Å²) >= 11 is 0. The Labute approximate surface area is 111 Å². The van der Waals surface area contributed by atoms with Crippen LogP contribution in [0.2, 0.25) is 0 Å². The zero-order chi connectivity index (χ0) is 14.0. The highest BCUT2D eigenvalue weighted by atomic mass is 32.2. The number of carbonyl (C=O) groups is 1. The third kappa shape index (κ3) is 2.77. The van der Waals surface area contributed by atoms with Crippen molar-refractivity contribution in [2.24, 2.45) is 18.8 Å². The van der Waals surface area contributed by atoms with E-state index in [1.807, 2.05) is 0 Å². The van der Waals surface area contributed by atoms with Gasteiger partial charge < -0.3 is 0 Å². The lowest BCUT2D eigenvalue weighted by Crippen LogP contribution is -2.46. The first kappa shape index (κ1) is 14.0. The Hall–Kier alpha value is -1.45. The lowest BCUT2D eigenvalue weighted by atomic mass is 9.99. The van der Waals surface area contributed by atoms with Crippen molar-refractivity contribution >= 4 is 15.9 Å². The highest BCUT2D eigenvalue weighted by molar-refractivity contribution is 7.89. The number of rotatable bonds is 3. The largest absolute Gasteiger partial charge is 0.294 e. The molecule has 9 heteroatoms. The second kappa shape index (κ2) is 5.27. The molecule has 1 aromatic heterocycles. The molecule has 1 saturated heterocycles. The number of sulfonamides is 1. The summed E-state index contributed by atoms with van der Waals surface area (Å²) in [6.07, 6.45) is 4.03. The van der Waals surface area contributed by atoms with E-state index in [2.05, 4.69) is 10.5 Å². The number of hydrogen-bond acceptors (Lipinski definition) is 5. The molecule has 1 aliphatic rings. The van der Waals surface area contributed by atoms with Crippen LogP contribution < -0.4 is 11.3 Å². The normalized spacial score (nSPS) is 21.3. The molecule has 0 radical (unpaired) electrons. The van der Waals surface area contributed by atoms with Crippen molar-refractivity contribution in [3.8, 4) is 0 Å². The standard InChI is InChI=1S/C10H17N5O3S/c1-14-7-9(5-12-14)19(17,18)15-4-2-3-8(6-15)10(16)13-11/h5,7-8H,2-4,6,11H2,1H3,(H,13,16). The molecule has 1 aromatic rings. The number of nitrogens with two attached hydrogens (primary N) is 1. The van der Waals surface area contributed by atoms with Gasteiger partial charge in [0, 0.05) is 26.3 Å². The Bertz CT molecular complexity index is 567. The predicted molar refractivity (Wildman–Crippen MR) is 67.0 cm³/mol. The topological polar surface area (TPSA) is 110 Å². The number of hydrogen-bond donors (Lipinski definition) is 2. The van der Waals surface area contributed by atoms with Crippen LogP contribution in [0.5, 0.6) is 0 Å². The van der Waals surface area contributed by atoms with Gasteiger partial charge in [-0.05, 0) is 12.8 Å². The fourth-order valence-corrected chi connectivity index (χ4v) is 3.68. The number of hydrazine groups is 1. The third-order valence-electron chi connectivity index (χ3n) is 3.22. The lowest BCUT2D eigenvalue weighted by Gasteiger charge is -2.30. The molecule has 0 spiro atoms. The van der Waals surface area contributed by atoms with E-state index in [4.69, 9.17) is 5.84 Å². The Morgan fingerprint density at radius 1 is 1.58 bits per heavy atom. The van der Waals surface area contributed by atoms with Crippen LogP contribution in [0.1, 0.15) is 12.8 Å². The minimum atomic E-state index is -3.59. The smallest absolute Gasteiger partial charge is 0.246 e. The minimum absolute atomic E-state index is 0.142. The van der Waals surface area contributed by atoms with Crippen LogP contribution in [0.3, 0.4) is 0 Å². The molecule has 0 aromatic carbocycles. The van der Waals surface area contributed by atoms with Gasteiger partial charge in [0.05, 0.1) is 12.1 Å². The number of amides is 1. The van der Waals surface area contributed by atoms with E-state index in [9.17, 15) is 13.2 Å². The van der Waals surface area contributed by atoms with Crippen molar-refractivity contribution in [1.29, 1.82) is 0 Å². The summed E-state index contributed by atoms with van der Waals surface area (Å²) in [5.41, 5.74) is 2.07. The average molecular weight is 287 g/mol. The van der Waals surface area contributed by atoms with Crippen molar-refractivity contribution in [3.05, 3.63) is 12.4 Å². The Morgan fingerprint density at radius 2 is 2.32 bits per heavy atom. The van der Waals surface area contributed by atoms with Crippen molar-refractivity contribution in [3.63, 3.8) is 0 Å². The molecular weight excluding hydrogens is 270 g/mol. The van der Waals surface area contributed by atoms with Gasteiger partial charge in [0.1, 0.15) is 4.90 Å². The molecule has 3 N–H and O–H groups in total. The molecule has 1 aliphatic heterocycles. The van der Waals surface area contributed by atoms with Gasteiger partial charge in [-0.3, -0.25) is 14.9 Å². The maximum absolute atomic E-state index is 12.4. The highest BCUT2D eigenvalue weighted by Gasteiger charge is 2.33. The van der Waals surface area contributed by atoms with Crippen molar-refractivity contribution < 1.29 is 13.2 Å². The molecule has 1 amide bonds. The summed E-state index contributed by atoms with van der Waals surface area (Å²) in [7, 11) is -1.93. The van der Waals surface area contributed by atoms with E-state index in [0.29, 0.717) is 19.4 Å². The molecule has 1 unspecified atom stereocenters. The summed E-state index contributed by atoms with van der Waals surface area (Å²) in [6, 6.07) is 0. The molecule has 0 bridgehead atoms. The molecule has 2 heterocycles. The molecule has 0 aliphatic carbocycles. The van der Waals surface area contributed by atoms with Crippen LogP contribution >= 0.6 is 0 Å². The number of nitrogens with zero attached hydrogens (tertiary/aromatic N) is 3. The van der Waals surface area contributed by atoms with Crippen molar-refractivity contribution in [2.45, 2.75) is 17.7 Å². The summed E-state index contributed by atoms with van der Waals surface area (Å²) in [5, 5.41) is 3.86.